The van der Waals surface area contributed by atoms with Gasteiger partial charge in [-0.2, -0.15) is 0 Å². The predicted octanol–water partition coefficient (Wildman–Crippen LogP) is 3.61. The molecule has 96 valence electrons. The molecule has 1 heterocycles. The van der Waals surface area contributed by atoms with E-state index in [4.69, 9.17) is 0 Å². The van der Waals surface area contributed by atoms with Gasteiger partial charge in [-0.05, 0) is 61.1 Å². The third-order valence-electron chi connectivity index (χ3n) is 2.08. The molecule has 1 rings (SSSR count). The summed E-state index contributed by atoms with van der Waals surface area (Å²) in [6, 6.07) is 0. The molecule has 0 unspecified atom stereocenters. The minimum absolute atomic E-state index is 0.0724. The van der Waals surface area contributed by atoms with Crippen LogP contribution in [-0.4, -0.2) is 24.6 Å². The molecule has 1 aromatic heterocycles. The molecule has 1 aromatic rings. The van der Waals surface area contributed by atoms with Gasteiger partial charge in [0.05, 0.1) is 4.90 Å². The summed E-state index contributed by atoms with van der Waals surface area (Å²) in [4.78, 5) is 7.66. The van der Waals surface area contributed by atoms with Crippen molar-refractivity contribution in [1.29, 1.82) is 0 Å². The van der Waals surface area contributed by atoms with E-state index in [1.54, 1.807) is 11.9 Å². The van der Waals surface area contributed by atoms with Crippen LogP contribution in [0.25, 0.3) is 0 Å². The van der Waals surface area contributed by atoms with Crippen LogP contribution in [0.2, 0.25) is 0 Å². The maximum absolute atomic E-state index is 4.46. The van der Waals surface area contributed by atoms with Crippen molar-refractivity contribution in [3.8, 4) is 0 Å². The normalized spacial score (nSPS) is 11.7. The molecule has 17 heavy (non-hydrogen) atoms. The summed E-state index contributed by atoms with van der Waals surface area (Å²) in [6.07, 6.45) is 1.85. The zero-order valence-electron chi connectivity index (χ0n) is 11.3. The Bertz CT molecular complexity index is 399. The number of hydrogen-bond donors (Lipinski definition) is 1. The summed E-state index contributed by atoms with van der Waals surface area (Å²) < 4.78 is 4.47. The molecule has 0 fully saturated rings. The lowest BCUT2D eigenvalue weighted by Gasteiger charge is -2.23. The van der Waals surface area contributed by atoms with Gasteiger partial charge in [-0.3, -0.25) is 4.72 Å². The third-order valence-corrected chi connectivity index (χ3v) is 4.29. The number of hydrogen-bond acceptors (Lipinski definition) is 4. The highest BCUT2D eigenvalue weighted by molar-refractivity contribution is 9.10. The molecule has 0 saturated heterocycles. The van der Waals surface area contributed by atoms with E-state index in [9.17, 15) is 0 Å². The summed E-state index contributed by atoms with van der Waals surface area (Å²) in [5.74, 6) is 0.993. The fourth-order valence-corrected chi connectivity index (χ4v) is 2.62. The Morgan fingerprint density at radius 2 is 1.94 bits per heavy atom. The Labute approximate surface area is 117 Å². The van der Waals surface area contributed by atoms with E-state index >= 15 is 0 Å². The SMILES string of the molecule is Cc1c(Br)cnc(N(C)C)c1SNC(C)(C)C. The second-order valence-electron chi connectivity index (χ2n) is 5.23. The van der Waals surface area contributed by atoms with E-state index < -0.39 is 0 Å². The van der Waals surface area contributed by atoms with Crippen LogP contribution in [-0.2, 0) is 0 Å². The second kappa shape index (κ2) is 5.59. The first kappa shape index (κ1) is 14.8. The molecule has 0 spiro atoms. The highest BCUT2D eigenvalue weighted by atomic mass is 79.9. The first-order valence-corrected chi connectivity index (χ1v) is 7.10. The molecule has 0 aliphatic carbocycles. The van der Waals surface area contributed by atoms with Crippen molar-refractivity contribution in [2.75, 3.05) is 19.0 Å². The number of aromatic nitrogens is 1. The summed E-state index contributed by atoms with van der Waals surface area (Å²) in [5, 5.41) is 0. The van der Waals surface area contributed by atoms with Crippen molar-refractivity contribution < 1.29 is 0 Å². The summed E-state index contributed by atoms with van der Waals surface area (Å²) in [7, 11) is 4.02. The monoisotopic (exact) mass is 317 g/mol. The van der Waals surface area contributed by atoms with Gasteiger partial charge in [-0.25, -0.2) is 4.98 Å². The predicted molar refractivity (Wildman–Crippen MR) is 79.7 cm³/mol. The molecule has 0 bridgehead atoms. The third kappa shape index (κ3) is 4.16. The van der Waals surface area contributed by atoms with Crippen LogP contribution >= 0.6 is 27.9 Å². The van der Waals surface area contributed by atoms with Crippen LogP contribution in [0.1, 0.15) is 26.3 Å². The number of pyridine rings is 1. The maximum Gasteiger partial charge on any atom is 0.143 e. The summed E-state index contributed by atoms with van der Waals surface area (Å²) in [6.45, 7) is 8.55. The Kier molecular flexibility index (Phi) is 4.86. The maximum atomic E-state index is 4.46. The van der Waals surface area contributed by atoms with Crippen LogP contribution in [0, 0.1) is 6.92 Å². The van der Waals surface area contributed by atoms with Crippen LogP contribution < -0.4 is 9.62 Å². The number of rotatable bonds is 3. The standard InChI is InChI=1S/C12H20BrN3S/c1-8-9(13)7-14-11(16(5)6)10(8)17-15-12(2,3)4/h7,15H,1-6H3. The largest absolute Gasteiger partial charge is 0.362 e. The molecule has 3 nitrogen and oxygen atoms in total. The topological polar surface area (TPSA) is 28.2 Å². The minimum atomic E-state index is 0.0724. The van der Waals surface area contributed by atoms with Crippen molar-refractivity contribution in [3.63, 3.8) is 0 Å². The summed E-state index contributed by atoms with van der Waals surface area (Å²) in [5.41, 5.74) is 1.29. The van der Waals surface area contributed by atoms with Gasteiger partial charge < -0.3 is 4.90 Å². The van der Waals surface area contributed by atoms with Gasteiger partial charge >= 0.3 is 0 Å². The number of nitrogens with zero attached hydrogens (tertiary/aromatic N) is 2. The van der Waals surface area contributed by atoms with Crippen LogP contribution in [0.15, 0.2) is 15.6 Å². The Balaban J connectivity index is 3.06. The van der Waals surface area contributed by atoms with E-state index in [0.29, 0.717) is 0 Å². The number of anilines is 1. The van der Waals surface area contributed by atoms with Crippen LogP contribution in [0.3, 0.4) is 0 Å². The summed E-state index contributed by atoms with van der Waals surface area (Å²) >= 11 is 5.17. The molecule has 0 amide bonds. The van der Waals surface area contributed by atoms with Crippen molar-refractivity contribution in [3.05, 3.63) is 16.2 Å². The Morgan fingerprint density at radius 3 is 2.41 bits per heavy atom. The van der Waals surface area contributed by atoms with Gasteiger partial charge in [0.25, 0.3) is 0 Å². The van der Waals surface area contributed by atoms with E-state index in [0.717, 1.165) is 10.3 Å². The molecular weight excluding hydrogens is 298 g/mol. The van der Waals surface area contributed by atoms with E-state index in [-0.39, 0.29) is 5.54 Å². The molecular formula is C12H20BrN3S. The first-order valence-electron chi connectivity index (χ1n) is 5.49. The Hall–Kier alpha value is -0.260. The molecule has 0 atom stereocenters. The molecule has 0 aliphatic rings. The average Bonchev–Trinajstić information content (AvgIpc) is 2.18. The number of nitrogens with one attached hydrogen (secondary N) is 1. The smallest absolute Gasteiger partial charge is 0.143 e. The van der Waals surface area contributed by atoms with E-state index in [2.05, 4.69) is 53.3 Å². The number of halogens is 1. The average molecular weight is 318 g/mol. The zero-order valence-corrected chi connectivity index (χ0v) is 13.7. The van der Waals surface area contributed by atoms with Crippen molar-refractivity contribution in [1.82, 2.24) is 9.71 Å². The highest BCUT2D eigenvalue weighted by Crippen LogP contribution is 2.33. The van der Waals surface area contributed by atoms with Gasteiger partial charge in [0, 0.05) is 30.3 Å². The van der Waals surface area contributed by atoms with Gasteiger partial charge in [-0.1, -0.05) is 0 Å². The van der Waals surface area contributed by atoms with E-state index in [1.807, 2.05) is 25.2 Å². The Morgan fingerprint density at radius 1 is 1.35 bits per heavy atom. The van der Waals surface area contributed by atoms with Crippen LogP contribution in [0.4, 0.5) is 5.82 Å². The lowest BCUT2D eigenvalue weighted by Crippen LogP contribution is -2.30. The molecule has 0 saturated carbocycles. The van der Waals surface area contributed by atoms with Gasteiger partial charge in [0.15, 0.2) is 0 Å². The molecule has 1 N–H and O–H groups in total. The molecule has 0 aliphatic heterocycles. The molecule has 5 heteroatoms. The second-order valence-corrected chi connectivity index (χ2v) is 6.90. The first-order chi connectivity index (χ1) is 7.72. The van der Waals surface area contributed by atoms with Crippen molar-refractivity contribution >= 4 is 33.7 Å². The molecule has 0 aromatic carbocycles. The van der Waals surface area contributed by atoms with Crippen molar-refractivity contribution in [2.24, 2.45) is 0 Å². The fourth-order valence-electron chi connectivity index (χ4n) is 1.19. The highest BCUT2D eigenvalue weighted by Gasteiger charge is 2.16. The minimum Gasteiger partial charge on any atom is -0.362 e. The zero-order chi connectivity index (χ0) is 13.2. The van der Waals surface area contributed by atoms with Crippen LogP contribution in [0.5, 0.6) is 0 Å². The lowest BCUT2D eigenvalue weighted by molar-refractivity contribution is 0.535. The lowest BCUT2D eigenvalue weighted by atomic mass is 10.1. The molecule has 0 radical (unpaired) electrons. The van der Waals surface area contributed by atoms with E-state index in [1.165, 1.54) is 10.5 Å². The van der Waals surface area contributed by atoms with Crippen molar-refractivity contribution in [2.45, 2.75) is 38.1 Å². The fraction of sp³-hybridized carbons (Fsp3) is 0.583. The van der Waals surface area contributed by atoms with Gasteiger partial charge in [0.1, 0.15) is 5.82 Å². The van der Waals surface area contributed by atoms with Gasteiger partial charge in [-0.15, -0.1) is 0 Å². The van der Waals surface area contributed by atoms with Gasteiger partial charge in [0.2, 0.25) is 0 Å². The quantitative estimate of drug-likeness (QED) is 0.862.